The van der Waals surface area contributed by atoms with Crippen molar-refractivity contribution in [1.82, 2.24) is 10.3 Å². The van der Waals surface area contributed by atoms with Crippen LogP contribution in [-0.4, -0.2) is 34.7 Å². The Morgan fingerprint density at radius 2 is 1.69 bits per heavy atom. The van der Waals surface area contributed by atoms with Crippen LogP contribution in [0.3, 0.4) is 0 Å². The molecule has 9 heteroatoms. The SMILES string of the molecule is CC(=O)Nc1ccc(N2C(=O)[C@H]3[C@@H](C2=O)[C@@]2(N[C@@H]3Cc3c[nH]c4ccccc34)C(=O)Nc3ccccc32)cc1. The second kappa shape index (κ2) is 8.37. The molecule has 9 nitrogen and oxygen atoms in total. The Kier molecular flexibility index (Phi) is 5.02. The number of benzene rings is 3. The number of aromatic amines is 1. The molecule has 4 atom stereocenters. The van der Waals surface area contributed by atoms with Crippen molar-refractivity contribution in [2.24, 2.45) is 11.8 Å². The summed E-state index contributed by atoms with van der Waals surface area (Å²) >= 11 is 0. The molecule has 3 aliphatic heterocycles. The molecule has 4 aromatic rings. The van der Waals surface area contributed by atoms with E-state index in [0.29, 0.717) is 29.0 Å². The number of imide groups is 1. The molecule has 3 aliphatic rings. The molecule has 2 fully saturated rings. The molecule has 3 aromatic carbocycles. The summed E-state index contributed by atoms with van der Waals surface area (Å²) < 4.78 is 0. The fraction of sp³-hybridized carbons (Fsp3) is 0.200. The van der Waals surface area contributed by atoms with Crippen LogP contribution in [0.2, 0.25) is 0 Å². The highest BCUT2D eigenvalue weighted by Crippen LogP contribution is 2.54. The van der Waals surface area contributed by atoms with Gasteiger partial charge in [-0.1, -0.05) is 36.4 Å². The summed E-state index contributed by atoms with van der Waals surface area (Å²) in [6.07, 6.45) is 2.38. The third kappa shape index (κ3) is 3.29. The van der Waals surface area contributed by atoms with Crippen LogP contribution in [0, 0.1) is 11.8 Å². The average Bonchev–Trinajstić information content (AvgIpc) is 3.63. The summed E-state index contributed by atoms with van der Waals surface area (Å²) in [5.41, 5.74) is 2.90. The van der Waals surface area contributed by atoms with Crippen molar-refractivity contribution in [1.29, 1.82) is 0 Å². The standard InChI is InChI=1S/C30H25N5O4/c1-16(36)32-18-10-12-19(13-11-18)35-27(37)25-24(14-17-15-31-22-8-4-2-6-20(17)22)34-30(26(25)28(35)38)21-7-3-5-9-23(21)33-29(30)39/h2-13,15,24-26,31,34H,14H2,1H3,(H,32,36)(H,33,39)/t24-,25-,26+,30-/m1/s1. The first-order valence-electron chi connectivity index (χ1n) is 12.9. The van der Waals surface area contributed by atoms with Gasteiger partial charge in [0.05, 0.1) is 17.5 Å². The van der Waals surface area contributed by atoms with Crippen LogP contribution >= 0.6 is 0 Å². The van der Waals surface area contributed by atoms with Crippen molar-refractivity contribution in [2.75, 3.05) is 15.5 Å². The van der Waals surface area contributed by atoms with Crippen molar-refractivity contribution < 1.29 is 19.2 Å². The van der Waals surface area contributed by atoms with Crippen LogP contribution in [0.25, 0.3) is 10.9 Å². The van der Waals surface area contributed by atoms with E-state index in [-0.39, 0.29) is 17.7 Å². The monoisotopic (exact) mass is 519 g/mol. The van der Waals surface area contributed by atoms with E-state index in [1.54, 1.807) is 24.3 Å². The number of fused-ring (bicyclic) bond motifs is 5. The number of nitrogens with one attached hydrogen (secondary N) is 4. The lowest BCUT2D eigenvalue weighted by Gasteiger charge is -2.29. The van der Waals surface area contributed by atoms with Crippen LogP contribution in [0.1, 0.15) is 18.1 Å². The second-order valence-corrected chi connectivity index (χ2v) is 10.4. The zero-order chi connectivity index (χ0) is 26.9. The van der Waals surface area contributed by atoms with E-state index in [1.165, 1.54) is 11.8 Å². The zero-order valence-corrected chi connectivity index (χ0v) is 21.0. The molecule has 1 spiro atoms. The number of rotatable bonds is 4. The molecular weight excluding hydrogens is 494 g/mol. The van der Waals surface area contributed by atoms with Crippen molar-refractivity contribution in [3.05, 3.63) is 90.1 Å². The Balaban J connectivity index is 1.33. The third-order valence-electron chi connectivity index (χ3n) is 8.18. The molecule has 0 aliphatic carbocycles. The minimum atomic E-state index is -1.37. The quantitative estimate of drug-likeness (QED) is 0.308. The van der Waals surface area contributed by atoms with Crippen molar-refractivity contribution in [2.45, 2.75) is 24.9 Å². The molecule has 7 rings (SSSR count). The Morgan fingerprint density at radius 1 is 0.949 bits per heavy atom. The van der Waals surface area contributed by atoms with Crippen LogP contribution in [0.4, 0.5) is 17.1 Å². The Morgan fingerprint density at radius 3 is 2.49 bits per heavy atom. The first kappa shape index (κ1) is 23.4. The molecule has 0 unspecified atom stereocenters. The number of carbonyl (C=O) groups is 4. The summed E-state index contributed by atoms with van der Waals surface area (Å²) in [7, 11) is 0. The fourth-order valence-corrected chi connectivity index (χ4v) is 6.62. The van der Waals surface area contributed by atoms with E-state index in [9.17, 15) is 19.2 Å². The minimum absolute atomic E-state index is 0.218. The lowest BCUT2D eigenvalue weighted by molar-refractivity contribution is -0.130. The van der Waals surface area contributed by atoms with E-state index in [1.807, 2.05) is 54.7 Å². The van der Waals surface area contributed by atoms with Crippen LogP contribution in [-0.2, 0) is 31.1 Å². The normalized spacial score (nSPS) is 25.3. The van der Waals surface area contributed by atoms with Gasteiger partial charge in [0.25, 0.3) is 0 Å². The van der Waals surface area contributed by atoms with Gasteiger partial charge in [-0.2, -0.15) is 0 Å². The number of H-pyrrole nitrogens is 1. The van der Waals surface area contributed by atoms with Gasteiger partial charge >= 0.3 is 0 Å². The van der Waals surface area contributed by atoms with Gasteiger partial charge in [-0.3, -0.25) is 24.5 Å². The van der Waals surface area contributed by atoms with Gasteiger partial charge in [0.1, 0.15) is 5.54 Å². The van der Waals surface area contributed by atoms with Gasteiger partial charge in [-0.25, -0.2) is 4.90 Å². The van der Waals surface area contributed by atoms with Gasteiger partial charge in [-0.15, -0.1) is 0 Å². The van der Waals surface area contributed by atoms with Crippen molar-refractivity contribution >= 4 is 51.6 Å². The predicted octanol–water partition coefficient (Wildman–Crippen LogP) is 3.29. The van der Waals surface area contributed by atoms with Crippen LogP contribution in [0.5, 0.6) is 0 Å². The molecule has 4 amide bonds. The van der Waals surface area contributed by atoms with Crippen LogP contribution < -0.4 is 20.9 Å². The summed E-state index contributed by atoms with van der Waals surface area (Å²) in [6, 6.07) is 21.4. The Bertz CT molecular complexity index is 1690. The molecule has 0 saturated carbocycles. The molecule has 194 valence electrons. The molecule has 39 heavy (non-hydrogen) atoms. The number of hydrogen-bond donors (Lipinski definition) is 4. The lowest BCUT2D eigenvalue weighted by Crippen LogP contribution is -2.53. The Hall–Kier alpha value is -4.76. The molecule has 4 N–H and O–H groups in total. The van der Waals surface area contributed by atoms with Gasteiger partial charge in [0.2, 0.25) is 23.6 Å². The summed E-state index contributed by atoms with van der Waals surface area (Å²) in [6.45, 7) is 1.41. The Labute approximate surface area is 223 Å². The maximum atomic E-state index is 14.1. The van der Waals surface area contributed by atoms with Gasteiger partial charge in [0, 0.05) is 47.0 Å². The van der Waals surface area contributed by atoms with Gasteiger partial charge in [-0.05, 0) is 48.4 Å². The number of amides is 4. The van der Waals surface area contributed by atoms with Gasteiger partial charge in [0.15, 0.2) is 0 Å². The lowest BCUT2D eigenvalue weighted by atomic mass is 9.76. The molecule has 0 radical (unpaired) electrons. The van der Waals surface area contributed by atoms with Crippen LogP contribution in [0.15, 0.2) is 79.0 Å². The van der Waals surface area contributed by atoms with Crippen molar-refractivity contribution in [3.8, 4) is 0 Å². The molecule has 4 heterocycles. The molecule has 0 bridgehead atoms. The minimum Gasteiger partial charge on any atom is -0.361 e. The number of anilines is 3. The fourth-order valence-electron chi connectivity index (χ4n) is 6.62. The second-order valence-electron chi connectivity index (χ2n) is 10.4. The largest absolute Gasteiger partial charge is 0.361 e. The highest BCUT2D eigenvalue weighted by molar-refractivity contribution is 6.26. The molecule has 2 saturated heterocycles. The predicted molar refractivity (Wildman–Crippen MR) is 146 cm³/mol. The molecular formula is C30H25N5O4. The zero-order valence-electron chi connectivity index (χ0n) is 21.0. The average molecular weight is 520 g/mol. The number of nitrogens with zero attached hydrogens (tertiary/aromatic N) is 1. The molecule has 1 aromatic heterocycles. The number of hydrogen-bond acceptors (Lipinski definition) is 5. The van der Waals surface area contributed by atoms with E-state index in [4.69, 9.17) is 0 Å². The van der Waals surface area contributed by atoms with E-state index < -0.39 is 29.3 Å². The third-order valence-corrected chi connectivity index (χ3v) is 8.18. The first-order valence-corrected chi connectivity index (χ1v) is 12.9. The maximum absolute atomic E-state index is 14.1. The highest BCUT2D eigenvalue weighted by atomic mass is 16.2. The van der Waals surface area contributed by atoms with E-state index >= 15 is 0 Å². The smallest absolute Gasteiger partial charge is 0.250 e. The topological polar surface area (TPSA) is 123 Å². The number of carbonyl (C=O) groups excluding carboxylic acids is 4. The number of aromatic nitrogens is 1. The van der Waals surface area contributed by atoms with E-state index in [2.05, 4.69) is 20.9 Å². The maximum Gasteiger partial charge on any atom is 0.250 e. The van der Waals surface area contributed by atoms with Crippen molar-refractivity contribution in [3.63, 3.8) is 0 Å². The number of para-hydroxylation sites is 2. The first-order chi connectivity index (χ1) is 18.9. The van der Waals surface area contributed by atoms with E-state index in [0.717, 1.165) is 16.5 Å². The summed E-state index contributed by atoms with van der Waals surface area (Å²) in [4.78, 5) is 57.8. The summed E-state index contributed by atoms with van der Waals surface area (Å²) in [5, 5.41) is 10.2. The highest BCUT2D eigenvalue weighted by Gasteiger charge is 2.70. The van der Waals surface area contributed by atoms with Gasteiger partial charge < -0.3 is 15.6 Å². The summed E-state index contributed by atoms with van der Waals surface area (Å²) in [5.74, 6) is -2.98.